The molecule has 0 bridgehead atoms. The highest BCUT2D eigenvalue weighted by molar-refractivity contribution is 5.70. The summed E-state index contributed by atoms with van der Waals surface area (Å²) < 4.78 is 44.0. The molecule has 2 rings (SSSR count). The lowest BCUT2D eigenvalue weighted by atomic mass is 9.95. The molecule has 1 aromatic rings. The van der Waals surface area contributed by atoms with Crippen LogP contribution in [0.2, 0.25) is 0 Å². The summed E-state index contributed by atoms with van der Waals surface area (Å²) in [5.41, 5.74) is 0.0942. The van der Waals surface area contributed by atoms with Gasteiger partial charge in [-0.1, -0.05) is 37.3 Å². The Morgan fingerprint density at radius 1 is 1.35 bits per heavy atom. The minimum atomic E-state index is -4.45. The smallest absolute Gasteiger partial charge is 0.396 e. The van der Waals surface area contributed by atoms with Gasteiger partial charge < -0.3 is 4.74 Å². The molecule has 110 valence electrons. The highest BCUT2D eigenvalue weighted by Gasteiger charge is 2.42. The maximum atomic E-state index is 13.0. The second kappa shape index (κ2) is 5.85. The number of benzene rings is 1. The van der Waals surface area contributed by atoms with Gasteiger partial charge in [-0.2, -0.15) is 13.2 Å². The van der Waals surface area contributed by atoms with E-state index in [4.69, 9.17) is 4.74 Å². The average Bonchev–Trinajstić information content (AvgIpc) is 3.09. The van der Waals surface area contributed by atoms with Crippen LogP contribution in [0.25, 0.3) is 0 Å². The van der Waals surface area contributed by atoms with E-state index >= 15 is 0 Å². The maximum absolute atomic E-state index is 13.0. The van der Waals surface area contributed by atoms with Crippen molar-refractivity contribution in [2.75, 3.05) is 6.61 Å². The molecule has 0 heterocycles. The Morgan fingerprint density at radius 3 is 2.45 bits per heavy atom. The van der Waals surface area contributed by atoms with Gasteiger partial charge in [0.25, 0.3) is 0 Å². The number of carbonyl (C=O) groups is 1. The van der Waals surface area contributed by atoms with Gasteiger partial charge in [0, 0.05) is 0 Å². The van der Waals surface area contributed by atoms with Crippen LogP contribution in [0.3, 0.4) is 0 Å². The lowest BCUT2D eigenvalue weighted by Gasteiger charge is -2.19. The van der Waals surface area contributed by atoms with Gasteiger partial charge in [0.05, 0.1) is 18.9 Å². The minimum absolute atomic E-state index is 0.0942. The molecule has 0 N–H and O–H groups in total. The summed E-state index contributed by atoms with van der Waals surface area (Å²) in [7, 11) is 0. The number of halogens is 3. The summed E-state index contributed by atoms with van der Waals surface area (Å²) in [6, 6.07) is 7.48. The van der Waals surface area contributed by atoms with Crippen molar-refractivity contribution in [2.45, 2.75) is 31.9 Å². The number of carbonyl (C=O) groups excluding carboxylic acids is 1. The van der Waals surface area contributed by atoms with Gasteiger partial charge in [-0.25, -0.2) is 0 Å². The van der Waals surface area contributed by atoms with Crippen LogP contribution >= 0.6 is 0 Å². The van der Waals surface area contributed by atoms with E-state index in [0.29, 0.717) is 11.8 Å². The molecule has 0 aromatic heterocycles. The molecule has 5 heteroatoms. The Morgan fingerprint density at radius 2 is 1.95 bits per heavy atom. The molecular formula is C15H17F3O2. The summed E-state index contributed by atoms with van der Waals surface area (Å²) in [6.45, 7) is 2.26. The first-order valence-corrected chi connectivity index (χ1v) is 6.65. The maximum Gasteiger partial charge on any atom is 0.396 e. The van der Waals surface area contributed by atoms with Crippen molar-refractivity contribution in [1.29, 1.82) is 0 Å². The van der Waals surface area contributed by atoms with Crippen LogP contribution in [-0.4, -0.2) is 18.8 Å². The molecule has 20 heavy (non-hydrogen) atoms. The SMILES string of the molecule is CC1CC1COC(=O)CC(c1ccccc1)C(F)(F)F. The minimum Gasteiger partial charge on any atom is -0.465 e. The van der Waals surface area contributed by atoms with Crippen LogP contribution in [0.15, 0.2) is 30.3 Å². The first-order chi connectivity index (χ1) is 9.38. The molecule has 0 spiro atoms. The zero-order valence-electron chi connectivity index (χ0n) is 11.2. The van der Waals surface area contributed by atoms with E-state index in [1.807, 2.05) is 6.92 Å². The second-order valence-corrected chi connectivity index (χ2v) is 5.37. The van der Waals surface area contributed by atoms with Gasteiger partial charge in [0.1, 0.15) is 0 Å². The molecule has 3 unspecified atom stereocenters. The van der Waals surface area contributed by atoms with E-state index in [9.17, 15) is 18.0 Å². The predicted molar refractivity (Wildman–Crippen MR) is 68.1 cm³/mol. The molecule has 1 aliphatic carbocycles. The average molecular weight is 286 g/mol. The third-order valence-corrected chi connectivity index (χ3v) is 3.70. The monoisotopic (exact) mass is 286 g/mol. The second-order valence-electron chi connectivity index (χ2n) is 5.37. The van der Waals surface area contributed by atoms with Crippen molar-refractivity contribution in [1.82, 2.24) is 0 Å². The third kappa shape index (κ3) is 3.99. The van der Waals surface area contributed by atoms with Crippen molar-refractivity contribution in [3.8, 4) is 0 Å². The Balaban J connectivity index is 1.96. The molecule has 1 aliphatic rings. The van der Waals surface area contributed by atoms with E-state index in [1.165, 1.54) is 24.3 Å². The van der Waals surface area contributed by atoms with Crippen molar-refractivity contribution in [3.05, 3.63) is 35.9 Å². The standard InChI is InChI=1S/C15H17F3O2/c1-10-7-12(10)9-20-14(19)8-13(15(16,17)18)11-5-3-2-4-6-11/h2-6,10,12-13H,7-9H2,1H3. The molecule has 1 fully saturated rings. The number of hydrogen-bond donors (Lipinski definition) is 0. The zero-order chi connectivity index (χ0) is 14.8. The largest absolute Gasteiger partial charge is 0.465 e. The molecule has 0 aliphatic heterocycles. The first kappa shape index (κ1) is 14.9. The van der Waals surface area contributed by atoms with E-state index in [2.05, 4.69) is 0 Å². The van der Waals surface area contributed by atoms with Gasteiger partial charge in [0.15, 0.2) is 0 Å². The predicted octanol–water partition coefficient (Wildman–Crippen LogP) is 3.92. The highest BCUT2D eigenvalue weighted by Crippen LogP contribution is 2.39. The normalized spacial score (nSPS) is 23.2. The van der Waals surface area contributed by atoms with Crippen LogP contribution in [-0.2, 0) is 9.53 Å². The van der Waals surface area contributed by atoms with Crippen LogP contribution in [0.1, 0.15) is 31.2 Å². The summed E-state index contributed by atoms with van der Waals surface area (Å²) in [6.07, 6.45) is -4.13. The molecule has 1 saturated carbocycles. The summed E-state index contributed by atoms with van der Waals surface area (Å²) in [5, 5.41) is 0. The number of rotatable bonds is 5. The molecule has 0 radical (unpaired) electrons. The van der Waals surface area contributed by atoms with E-state index in [1.54, 1.807) is 6.07 Å². The summed E-state index contributed by atoms with van der Waals surface area (Å²) in [5.74, 6) is -1.75. The Bertz CT molecular complexity index is 456. The van der Waals surface area contributed by atoms with Gasteiger partial charge in [-0.3, -0.25) is 4.79 Å². The molecule has 1 aromatic carbocycles. The molecular weight excluding hydrogens is 269 g/mol. The number of hydrogen-bond acceptors (Lipinski definition) is 2. The Hall–Kier alpha value is -1.52. The molecule has 3 atom stereocenters. The third-order valence-electron chi connectivity index (χ3n) is 3.70. The topological polar surface area (TPSA) is 26.3 Å². The lowest BCUT2D eigenvalue weighted by molar-refractivity contribution is -0.166. The number of esters is 1. The molecule has 2 nitrogen and oxygen atoms in total. The quantitative estimate of drug-likeness (QED) is 0.767. The van der Waals surface area contributed by atoms with Crippen molar-refractivity contribution in [2.24, 2.45) is 11.8 Å². The van der Waals surface area contributed by atoms with Crippen molar-refractivity contribution in [3.63, 3.8) is 0 Å². The van der Waals surface area contributed by atoms with Crippen LogP contribution in [0.5, 0.6) is 0 Å². The van der Waals surface area contributed by atoms with Crippen LogP contribution in [0, 0.1) is 11.8 Å². The Kier molecular flexibility index (Phi) is 4.35. The van der Waals surface area contributed by atoms with E-state index in [0.717, 1.165) is 6.42 Å². The van der Waals surface area contributed by atoms with Gasteiger partial charge in [-0.15, -0.1) is 0 Å². The molecule has 0 saturated heterocycles. The van der Waals surface area contributed by atoms with Crippen LogP contribution < -0.4 is 0 Å². The van der Waals surface area contributed by atoms with E-state index in [-0.39, 0.29) is 12.2 Å². The van der Waals surface area contributed by atoms with E-state index < -0.39 is 24.5 Å². The Labute approximate surface area is 115 Å². The fourth-order valence-corrected chi connectivity index (χ4v) is 2.16. The zero-order valence-corrected chi connectivity index (χ0v) is 11.2. The van der Waals surface area contributed by atoms with Crippen LogP contribution in [0.4, 0.5) is 13.2 Å². The highest BCUT2D eigenvalue weighted by atomic mass is 19.4. The van der Waals surface area contributed by atoms with Crippen molar-refractivity contribution >= 4 is 5.97 Å². The number of ether oxygens (including phenoxy) is 1. The summed E-state index contributed by atoms with van der Waals surface area (Å²) >= 11 is 0. The number of alkyl halides is 3. The van der Waals surface area contributed by atoms with Crippen molar-refractivity contribution < 1.29 is 22.7 Å². The molecule has 0 amide bonds. The fraction of sp³-hybridized carbons (Fsp3) is 0.533. The fourth-order valence-electron chi connectivity index (χ4n) is 2.16. The first-order valence-electron chi connectivity index (χ1n) is 6.65. The van der Waals surface area contributed by atoms with Gasteiger partial charge >= 0.3 is 12.1 Å². The van der Waals surface area contributed by atoms with Gasteiger partial charge in [-0.05, 0) is 23.8 Å². The lowest BCUT2D eigenvalue weighted by Crippen LogP contribution is -2.24. The summed E-state index contributed by atoms with van der Waals surface area (Å²) in [4.78, 5) is 11.6. The van der Waals surface area contributed by atoms with Gasteiger partial charge in [0.2, 0.25) is 0 Å².